The number of H-pyrrole nitrogens is 1. The van der Waals surface area contributed by atoms with Crippen molar-refractivity contribution in [2.75, 3.05) is 47.9 Å². The average molecular weight is 347 g/mol. The molecule has 25 heavy (non-hydrogen) atoms. The lowest BCUT2D eigenvalue weighted by molar-refractivity contribution is 0.206. The zero-order valence-corrected chi connectivity index (χ0v) is 15.8. The van der Waals surface area contributed by atoms with E-state index in [1.165, 1.54) is 0 Å². The number of nitrogens with one attached hydrogen (secondary N) is 2. The lowest BCUT2D eigenvalue weighted by Gasteiger charge is -2.21. The third-order valence-corrected chi connectivity index (χ3v) is 4.05. The van der Waals surface area contributed by atoms with Crippen molar-refractivity contribution >= 4 is 17.1 Å². The summed E-state index contributed by atoms with van der Waals surface area (Å²) in [6.07, 6.45) is 0.675. The molecule has 0 saturated heterocycles. The van der Waals surface area contributed by atoms with Crippen LogP contribution in [0.25, 0.3) is 11.0 Å². The minimum Gasteiger partial charge on any atom is -0.497 e. The van der Waals surface area contributed by atoms with Gasteiger partial charge >= 0.3 is 6.03 Å². The first-order valence-corrected chi connectivity index (χ1v) is 8.55. The first-order valence-electron chi connectivity index (χ1n) is 8.55. The summed E-state index contributed by atoms with van der Waals surface area (Å²) < 4.78 is 5.22. The second kappa shape index (κ2) is 8.71. The van der Waals surface area contributed by atoms with Crippen LogP contribution in [0.2, 0.25) is 0 Å². The number of hydrogen-bond donors (Lipinski definition) is 2. The van der Waals surface area contributed by atoms with Crippen molar-refractivity contribution in [2.24, 2.45) is 5.92 Å². The number of nitrogens with zero attached hydrogens (tertiary/aromatic N) is 3. The van der Waals surface area contributed by atoms with Crippen molar-refractivity contribution in [3.05, 3.63) is 24.0 Å². The van der Waals surface area contributed by atoms with Crippen LogP contribution in [0.15, 0.2) is 18.2 Å². The number of amides is 2. The summed E-state index contributed by atoms with van der Waals surface area (Å²) in [5.41, 5.74) is 1.85. The molecule has 2 N–H and O–H groups in total. The van der Waals surface area contributed by atoms with Crippen molar-refractivity contribution in [2.45, 2.75) is 13.3 Å². The van der Waals surface area contributed by atoms with E-state index in [4.69, 9.17) is 4.74 Å². The van der Waals surface area contributed by atoms with Crippen molar-refractivity contribution < 1.29 is 9.53 Å². The molecule has 0 aliphatic carbocycles. The third kappa shape index (κ3) is 5.63. The lowest BCUT2D eigenvalue weighted by atomic mass is 10.2. The van der Waals surface area contributed by atoms with Gasteiger partial charge in [0.25, 0.3) is 0 Å². The Balaban J connectivity index is 1.82. The number of carbonyl (C=O) groups excluding carboxylic acids is 1. The van der Waals surface area contributed by atoms with E-state index in [0.29, 0.717) is 25.4 Å². The van der Waals surface area contributed by atoms with Gasteiger partial charge in [-0.25, -0.2) is 9.78 Å². The summed E-state index contributed by atoms with van der Waals surface area (Å²) in [5.74, 6) is 2.08. The molecular weight excluding hydrogens is 318 g/mol. The molecule has 138 valence electrons. The smallest absolute Gasteiger partial charge is 0.317 e. The number of urea groups is 1. The number of methoxy groups -OCH3 is 1. The van der Waals surface area contributed by atoms with Gasteiger partial charge in [-0.2, -0.15) is 0 Å². The van der Waals surface area contributed by atoms with E-state index in [-0.39, 0.29) is 6.03 Å². The van der Waals surface area contributed by atoms with Crippen LogP contribution in [-0.2, 0) is 6.42 Å². The number of hydrogen-bond acceptors (Lipinski definition) is 4. The quantitative estimate of drug-likeness (QED) is 0.765. The molecule has 2 rings (SSSR count). The molecule has 7 heteroatoms. The molecular formula is C18H29N5O2. The molecule has 0 aliphatic rings. The highest BCUT2D eigenvalue weighted by Crippen LogP contribution is 2.18. The molecule has 2 aromatic rings. The van der Waals surface area contributed by atoms with Crippen LogP contribution < -0.4 is 10.1 Å². The predicted octanol–water partition coefficient (Wildman–Crippen LogP) is 1.95. The van der Waals surface area contributed by atoms with E-state index in [9.17, 15) is 4.79 Å². The topological polar surface area (TPSA) is 73.5 Å². The Labute approximate surface area is 149 Å². The first kappa shape index (κ1) is 19.1. The molecule has 1 aromatic carbocycles. The standard InChI is InChI=1S/C18H29N5O2/c1-13(12-22(2)3)11-19-18(24)23(4)9-8-17-20-15-7-6-14(25-5)10-16(15)21-17/h6-7,10,13H,8-9,11-12H2,1-5H3,(H,19,24)(H,20,21). The van der Waals surface area contributed by atoms with E-state index in [1.807, 2.05) is 32.3 Å². The van der Waals surface area contributed by atoms with Crippen molar-refractivity contribution in [3.8, 4) is 5.75 Å². The van der Waals surface area contributed by atoms with E-state index in [1.54, 1.807) is 19.1 Å². The summed E-state index contributed by atoms with van der Waals surface area (Å²) in [7, 11) is 7.52. The molecule has 0 spiro atoms. The second-order valence-electron chi connectivity index (χ2n) is 6.79. The lowest BCUT2D eigenvalue weighted by Crippen LogP contribution is -2.41. The maximum Gasteiger partial charge on any atom is 0.317 e. The van der Waals surface area contributed by atoms with Crippen molar-refractivity contribution in [1.82, 2.24) is 25.1 Å². The van der Waals surface area contributed by atoms with Gasteiger partial charge in [0.1, 0.15) is 11.6 Å². The van der Waals surface area contributed by atoms with E-state index in [2.05, 4.69) is 27.1 Å². The van der Waals surface area contributed by atoms with Gasteiger partial charge in [0, 0.05) is 39.2 Å². The number of imidazole rings is 1. The van der Waals surface area contributed by atoms with Gasteiger partial charge in [-0.05, 0) is 32.1 Å². The van der Waals surface area contributed by atoms with Crippen molar-refractivity contribution in [3.63, 3.8) is 0 Å². The summed E-state index contributed by atoms with van der Waals surface area (Å²) in [6.45, 7) is 4.35. The summed E-state index contributed by atoms with van der Waals surface area (Å²) >= 11 is 0. The third-order valence-electron chi connectivity index (χ3n) is 4.05. The average Bonchev–Trinajstić information content (AvgIpc) is 2.98. The monoisotopic (exact) mass is 347 g/mol. The van der Waals surface area contributed by atoms with E-state index >= 15 is 0 Å². The minimum atomic E-state index is -0.0524. The molecule has 0 saturated carbocycles. The molecule has 7 nitrogen and oxygen atoms in total. The van der Waals surface area contributed by atoms with Crippen LogP contribution in [0.3, 0.4) is 0 Å². The number of benzene rings is 1. The zero-order chi connectivity index (χ0) is 18.4. The van der Waals surface area contributed by atoms with Gasteiger partial charge < -0.3 is 24.8 Å². The van der Waals surface area contributed by atoms with Crippen LogP contribution in [-0.4, -0.2) is 73.7 Å². The number of likely N-dealkylation sites (N-methyl/N-ethyl adjacent to an activating group) is 1. The van der Waals surface area contributed by atoms with Gasteiger partial charge in [0.05, 0.1) is 18.1 Å². The van der Waals surface area contributed by atoms with Gasteiger partial charge in [0.2, 0.25) is 0 Å². The van der Waals surface area contributed by atoms with Crippen LogP contribution in [0, 0.1) is 5.92 Å². The largest absolute Gasteiger partial charge is 0.497 e. The highest BCUT2D eigenvalue weighted by molar-refractivity contribution is 5.77. The molecule has 1 unspecified atom stereocenters. The molecule has 0 aliphatic heterocycles. The Bertz CT molecular complexity index is 698. The number of aromatic amines is 1. The molecule has 1 aromatic heterocycles. The van der Waals surface area contributed by atoms with Crippen LogP contribution in [0.1, 0.15) is 12.7 Å². The fourth-order valence-corrected chi connectivity index (χ4v) is 2.75. The SMILES string of the molecule is COc1ccc2nc(CCN(C)C(=O)NCC(C)CN(C)C)[nH]c2c1. The van der Waals surface area contributed by atoms with Gasteiger partial charge in [-0.15, -0.1) is 0 Å². The van der Waals surface area contributed by atoms with Gasteiger partial charge in [0.15, 0.2) is 0 Å². The molecule has 1 heterocycles. The van der Waals surface area contributed by atoms with E-state index in [0.717, 1.165) is 29.2 Å². The fraction of sp³-hybridized carbons (Fsp3) is 0.556. The summed E-state index contributed by atoms with van der Waals surface area (Å²) in [6, 6.07) is 5.69. The van der Waals surface area contributed by atoms with Crippen LogP contribution in [0.5, 0.6) is 5.75 Å². The number of fused-ring (bicyclic) bond motifs is 1. The molecule has 2 amide bonds. The Hall–Kier alpha value is -2.28. The highest BCUT2D eigenvalue weighted by atomic mass is 16.5. The zero-order valence-electron chi connectivity index (χ0n) is 15.8. The van der Waals surface area contributed by atoms with Crippen LogP contribution in [0.4, 0.5) is 4.79 Å². The summed E-state index contributed by atoms with van der Waals surface area (Å²) in [5, 5.41) is 2.98. The number of aromatic nitrogens is 2. The van der Waals surface area contributed by atoms with Gasteiger partial charge in [-0.1, -0.05) is 6.92 Å². The van der Waals surface area contributed by atoms with E-state index < -0.39 is 0 Å². The highest BCUT2D eigenvalue weighted by Gasteiger charge is 2.12. The maximum absolute atomic E-state index is 12.2. The number of carbonyl (C=O) groups is 1. The normalized spacial score (nSPS) is 12.4. The molecule has 0 radical (unpaired) electrons. The van der Waals surface area contributed by atoms with Gasteiger partial charge in [-0.3, -0.25) is 0 Å². The minimum absolute atomic E-state index is 0.0524. The molecule has 0 bridgehead atoms. The number of ether oxygens (including phenoxy) is 1. The maximum atomic E-state index is 12.2. The van der Waals surface area contributed by atoms with Crippen LogP contribution >= 0.6 is 0 Å². The predicted molar refractivity (Wildman–Crippen MR) is 100 cm³/mol. The fourth-order valence-electron chi connectivity index (χ4n) is 2.75. The second-order valence-corrected chi connectivity index (χ2v) is 6.79. The molecule has 1 atom stereocenters. The Morgan fingerprint density at radius 3 is 2.80 bits per heavy atom. The Kier molecular flexibility index (Phi) is 6.64. The Morgan fingerprint density at radius 2 is 2.12 bits per heavy atom. The summed E-state index contributed by atoms with van der Waals surface area (Å²) in [4.78, 5) is 23.8. The molecule has 0 fully saturated rings. The number of rotatable bonds is 8. The Morgan fingerprint density at radius 1 is 1.36 bits per heavy atom. The van der Waals surface area contributed by atoms with Crippen molar-refractivity contribution in [1.29, 1.82) is 0 Å². The first-order chi connectivity index (χ1) is 11.9.